The molecule has 2 rings (SSSR count). The SMILES string of the molecule is C=C1C(=O)OC1c1ccc([N+](=O)[O-])cc1. The molecule has 0 N–H and O–H groups in total. The summed E-state index contributed by atoms with van der Waals surface area (Å²) in [6.07, 6.45) is -0.446. The maximum Gasteiger partial charge on any atom is 0.338 e. The second-order valence-corrected chi connectivity index (χ2v) is 3.16. The van der Waals surface area contributed by atoms with Crippen molar-refractivity contribution in [3.63, 3.8) is 0 Å². The first-order chi connectivity index (χ1) is 7.09. The maximum absolute atomic E-state index is 10.8. The van der Waals surface area contributed by atoms with Crippen LogP contribution in [0.2, 0.25) is 0 Å². The third-order valence-corrected chi connectivity index (χ3v) is 2.21. The Hall–Kier alpha value is -2.17. The third kappa shape index (κ3) is 1.48. The van der Waals surface area contributed by atoms with Gasteiger partial charge in [-0.25, -0.2) is 4.79 Å². The van der Waals surface area contributed by atoms with Gasteiger partial charge >= 0.3 is 5.97 Å². The number of nitro groups is 1. The Balaban J connectivity index is 2.21. The van der Waals surface area contributed by atoms with Crippen LogP contribution < -0.4 is 0 Å². The van der Waals surface area contributed by atoms with Gasteiger partial charge in [0, 0.05) is 12.1 Å². The van der Waals surface area contributed by atoms with Crippen LogP contribution in [0.1, 0.15) is 11.7 Å². The molecule has 0 aromatic heterocycles. The number of hydrogen-bond acceptors (Lipinski definition) is 4. The zero-order valence-corrected chi connectivity index (χ0v) is 7.67. The van der Waals surface area contributed by atoms with E-state index in [1.54, 1.807) is 12.1 Å². The molecule has 0 aliphatic carbocycles. The van der Waals surface area contributed by atoms with Crippen LogP contribution in [0.5, 0.6) is 0 Å². The summed E-state index contributed by atoms with van der Waals surface area (Å²) in [6, 6.07) is 5.85. The number of nitrogens with zero attached hydrogens (tertiary/aromatic N) is 1. The topological polar surface area (TPSA) is 69.4 Å². The molecule has 76 valence electrons. The standard InChI is InChI=1S/C10H7NO4/c1-6-9(15-10(6)12)7-2-4-8(5-3-7)11(13)14/h2-5,9H,1H2. The van der Waals surface area contributed by atoms with Crippen LogP contribution in [0.15, 0.2) is 36.4 Å². The van der Waals surface area contributed by atoms with E-state index in [2.05, 4.69) is 6.58 Å². The number of rotatable bonds is 2. The van der Waals surface area contributed by atoms with Crippen LogP contribution >= 0.6 is 0 Å². The molecule has 1 aliphatic heterocycles. The van der Waals surface area contributed by atoms with Gasteiger partial charge in [-0.1, -0.05) is 6.58 Å². The van der Waals surface area contributed by atoms with Crippen molar-refractivity contribution in [3.8, 4) is 0 Å². The number of carbonyl (C=O) groups is 1. The summed E-state index contributed by atoms with van der Waals surface area (Å²) in [6.45, 7) is 3.55. The molecular formula is C10H7NO4. The zero-order valence-electron chi connectivity index (χ0n) is 7.67. The van der Waals surface area contributed by atoms with Gasteiger partial charge in [0.1, 0.15) is 0 Å². The Morgan fingerprint density at radius 2 is 1.93 bits per heavy atom. The molecule has 1 aliphatic rings. The lowest BCUT2D eigenvalue weighted by atomic mass is 9.98. The van der Waals surface area contributed by atoms with Gasteiger partial charge in [-0.3, -0.25) is 10.1 Å². The number of hydrogen-bond donors (Lipinski definition) is 0. The van der Waals surface area contributed by atoms with E-state index in [9.17, 15) is 14.9 Å². The maximum atomic E-state index is 10.8. The first kappa shape index (κ1) is 9.39. The minimum atomic E-state index is -0.481. The lowest BCUT2D eigenvalue weighted by molar-refractivity contribution is -0.384. The minimum absolute atomic E-state index is 0.00927. The Labute approximate surface area is 85.1 Å². The van der Waals surface area contributed by atoms with Crippen molar-refractivity contribution in [1.82, 2.24) is 0 Å². The second kappa shape index (κ2) is 3.20. The van der Waals surface area contributed by atoms with Crippen molar-refractivity contribution in [2.45, 2.75) is 6.10 Å². The van der Waals surface area contributed by atoms with Crippen LogP contribution in [0.3, 0.4) is 0 Å². The largest absolute Gasteiger partial charge is 0.449 e. The summed E-state index contributed by atoms with van der Waals surface area (Å²) in [4.78, 5) is 20.7. The van der Waals surface area contributed by atoms with Crippen molar-refractivity contribution in [2.24, 2.45) is 0 Å². The van der Waals surface area contributed by atoms with Crippen molar-refractivity contribution < 1.29 is 14.5 Å². The monoisotopic (exact) mass is 205 g/mol. The molecule has 1 unspecified atom stereocenters. The predicted octanol–water partition coefficient (Wildman–Crippen LogP) is 1.75. The number of carbonyl (C=O) groups excluding carboxylic acids is 1. The van der Waals surface area contributed by atoms with E-state index in [0.717, 1.165) is 0 Å². The highest BCUT2D eigenvalue weighted by atomic mass is 16.6. The van der Waals surface area contributed by atoms with Crippen LogP contribution in [0, 0.1) is 10.1 Å². The fraction of sp³-hybridized carbons (Fsp3) is 0.100. The van der Waals surface area contributed by atoms with Gasteiger partial charge in [-0.15, -0.1) is 0 Å². The highest BCUT2D eigenvalue weighted by Gasteiger charge is 2.35. The molecule has 0 radical (unpaired) electrons. The molecule has 0 bridgehead atoms. The van der Waals surface area contributed by atoms with Crippen molar-refractivity contribution >= 4 is 11.7 Å². The van der Waals surface area contributed by atoms with Gasteiger partial charge in [0.2, 0.25) is 0 Å². The van der Waals surface area contributed by atoms with Crippen molar-refractivity contribution in [3.05, 3.63) is 52.1 Å². The quantitative estimate of drug-likeness (QED) is 0.319. The lowest BCUT2D eigenvalue weighted by Crippen LogP contribution is -2.28. The molecule has 0 amide bonds. The molecule has 0 spiro atoms. The molecule has 5 heteroatoms. The Morgan fingerprint density at radius 1 is 1.33 bits per heavy atom. The fourth-order valence-corrected chi connectivity index (χ4v) is 1.34. The van der Waals surface area contributed by atoms with Gasteiger partial charge in [0.15, 0.2) is 6.10 Å². The van der Waals surface area contributed by atoms with Gasteiger partial charge in [-0.05, 0) is 17.7 Å². The van der Waals surface area contributed by atoms with Gasteiger partial charge in [-0.2, -0.15) is 0 Å². The average molecular weight is 205 g/mol. The molecule has 0 saturated carbocycles. The van der Waals surface area contributed by atoms with E-state index in [-0.39, 0.29) is 5.69 Å². The Bertz CT molecular complexity index is 449. The van der Waals surface area contributed by atoms with Gasteiger partial charge in [0.05, 0.1) is 10.5 Å². The third-order valence-electron chi connectivity index (χ3n) is 2.21. The first-order valence-electron chi connectivity index (χ1n) is 4.23. The summed E-state index contributed by atoms with van der Waals surface area (Å²) in [5.41, 5.74) is 1.09. The fourth-order valence-electron chi connectivity index (χ4n) is 1.34. The number of non-ortho nitro benzene ring substituents is 1. The van der Waals surface area contributed by atoms with E-state index >= 15 is 0 Å². The van der Waals surface area contributed by atoms with Crippen LogP contribution in [0.25, 0.3) is 0 Å². The van der Waals surface area contributed by atoms with E-state index in [1.807, 2.05) is 0 Å². The van der Waals surface area contributed by atoms with Crippen LogP contribution in [-0.2, 0) is 9.53 Å². The minimum Gasteiger partial charge on any atom is -0.449 e. The summed E-state index contributed by atoms with van der Waals surface area (Å²) in [5, 5.41) is 10.4. The van der Waals surface area contributed by atoms with E-state index in [1.165, 1.54) is 12.1 Å². The molecule has 1 fully saturated rings. The number of cyclic esters (lactones) is 1. The Kier molecular flexibility index (Phi) is 2.00. The smallest absolute Gasteiger partial charge is 0.338 e. The zero-order chi connectivity index (χ0) is 11.0. The lowest BCUT2D eigenvalue weighted by Gasteiger charge is -2.28. The first-order valence-corrected chi connectivity index (χ1v) is 4.23. The summed E-state index contributed by atoms with van der Waals surface area (Å²) in [7, 11) is 0. The molecule has 5 nitrogen and oxygen atoms in total. The average Bonchev–Trinajstić information content (AvgIpc) is 2.25. The van der Waals surface area contributed by atoms with Crippen molar-refractivity contribution in [1.29, 1.82) is 0 Å². The number of nitro benzene ring substituents is 1. The molecule has 1 aromatic carbocycles. The number of benzene rings is 1. The van der Waals surface area contributed by atoms with E-state index < -0.39 is 17.0 Å². The highest BCUT2D eigenvalue weighted by Crippen LogP contribution is 2.35. The van der Waals surface area contributed by atoms with Gasteiger partial charge < -0.3 is 4.74 Å². The highest BCUT2D eigenvalue weighted by molar-refractivity contribution is 5.95. The van der Waals surface area contributed by atoms with Gasteiger partial charge in [0.25, 0.3) is 5.69 Å². The molecule has 1 saturated heterocycles. The molecule has 1 heterocycles. The number of esters is 1. The molecule has 1 aromatic rings. The predicted molar refractivity (Wildman–Crippen MR) is 51.1 cm³/mol. The summed E-state index contributed by atoms with van der Waals surface area (Å²) < 4.78 is 4.83. The number of ether oxygens (including phenoxy) is 1. The van der Waals surface area contributed by atoms with Crippen LogP contribution in [-0.4, -0.2) is 10.9 Å². The summed E-state index contributed by atoms with van der Waals surface area (Å²) >= 11 is 0. The second-order valence-electron chi connectivity index (χ2n) is 3.16. The molecule has 15 heavy (non-hydrogen) atoms. The normalized spacial score (nSPS) is 19.3. The van der Waals surface area contributed by atoms with Crippen molar-refractivity contribution in [2.75, 3.05) is 0 Å². The molecule has 1 atom stereocenters. The Morgan fingerprint density at radius 3 is 2.33 bits per heavy atom. The molecular weight excluding hydrogens is 198 g/mol. The van der Waals surface area contributed by atoms with E-state index in [0.29, 0.717) is 11.1 Å². The summed E-state index contributed by atoms with van der Waals surface area (Å²) in [5.74, 6) is -0.418. The van der Waals surface area contributed by atoms with E-state index in [4.69, 9.17) is 4.74 Å². The van der Waals surface area contributed by atoms with Crippen LogP contribution in [0.4, 0.5) is 5.69 Å².